The molecule has 0 aliphatic carbocycles. The average molecular weight is 503 g/mol. The first-order valence-corrected chi connectivity index (χ1v) is 11.5. The van der Waals surface area contributed by atoms with Crippen LogP contribution in [0.1, 0.15) is 31.0 Å². The number of fused-ring (bicyclic) bond motifs is 2. The van der Waals surface area contributed by atoms with E-state index in [0.717, 1.165) is 5.56 Å². The van der Waals surface area contributed by atoms with Crippen molar-refractivity contribution >= 4 is 17.3 Å². The summed E-state index contributed by atoms with van der Waals surface area (Å²) in [6.45, 7) is 3.53. The first-order valence-electron chi connectivity index (χ1n) is 11.5. The smallest absolute Gasteiger partial charge is 0.329 e. The Hall–Kier alpha value is -3.41. The second-order valence-corrected chi connectivity index (χ2v) is 8.83. The summed E-state index contributed by atoms with van der Waals surface area (Å²) < 4.78 is 27.9. The molecule has 2 aliphatic heterocycles. The Balaban J connectivity index is 1.94. The molecule has 11 heteroatoms. The molecule has 0 unspecified atom stereocenters. The number of nitro groups is 1. The Bertz CT molecular complexity index is 1150. The predicted octanol–water partition coefficient (Wildman–Crippen LogP) is 2.77. The number of rotatable bonds is 8. The number of methoxy groups -OCH3 is 3. The highest BCUT2D eigenvalue weighted by atomic mass is 16.7. The molecule has 0 spiro atoms. The van der Waals surface area contributed by atoms with Gasteiger partial charge in [0.25, 0.3) is 5.69 Å². The summed E-state index contributed by atoms with van der Waals surface area (Å²) in [6.07, 6.45) is -2.02. The molecule has 0 amide bonds. The molecule has 2 aromatic carbocycles. The van der Waals surface area contributed by atoms with Crippen LogP contribution in [0.15, 0.2) is 36.4 Å². The van der Waals surface area contributed by atoms with E-state index in [0.29, 0.717) is 29.2 Å². The van der Waals surface area contributed by atoms with Gasteiger partial charge < -0.3 is 33.7 Å². The van der Waals surface area contributed by atoms with Gasteiger partial charge in [0.2, 0.25) is 0 Å². The van der Waals surface area contributed by atoms with Crippen LogP contribution < -0.4 is 14.4 Å². The van der Waals surface area contributed by atoms with Crippen molar-refractivity contribution in [2.24, 2.45) is 0 Å². The summed E-state index contributed by atoms with van der Waals surface area (Å²) >= 11 is 0. The molecule has 0 fully saturated rings. The first kappa shape index (κ1) is 25.7. The van der Waals surface area contributed by atoms with Crippen LogP contribution in [-0.4, -0.2) is 68.0 Å². The van der Waals surface area contributed by atoms with Gasteiger partial charge >= 0.3 is 5.97 Å². The minimum Gasteiger partial charge on any atom is -0.497 e. The van der Waals surface area contributed by atoms with Gasteiger partial charge in [0.15, 0.2) is 11.9 Å². The standard InChI is InChI=1S/C25H30N2O9/c1-6-35-23(29)19-12-14-11-16(32-3)8-9-18(14)26(19)21-17-13-15(27(30)31)7-10-20(17)36-25(2,22(21)28)24(33-4)34-5/h7-11,13,19,21-22,24,28H,6,12H2,1-5H3/t19-,21+,22-,25+/m1/s1. The van der Waals surface area contributed by atoms with Gasteiger partial charge in [0.1, 0.15) is 23.6 Å². The summed E-state index contributed by atoms with van der Waals surface area (Å²) in [5.41, 5.74) is 0.250. The van der Waals surface area contributed by atoms with E-state index in [2.05, 4.69) is 0 Å². The molecule has 194 valence electrons. The third-order valence-corrected chi connectivity index (χ3v) is 6.81. The lowest BCUT2D eigenvalue weighted by Crippen LogP contribution is -2.63. The monoisotopic (exact) mass is 502 g/mol. The van der Waals surface area contributed by atoms with E-state index >= 15 is 0 Å². The van der Waals surface area contributed by atoms with Gasteiger partial charge in [0.05, 0.1) is 24.7 Å². The number of nitrogens with zero attached hydrogens (tertiary/aromatic N) is 2. The zero-order valence-electron chi connectivity index (χ0n) is 20.8. The van der Waals surface area contributed by atoms with E-state index in [1.165, 1.54) is 32.4 Å². The molecule has 2 aromatic rings. The van der Waals surface area contributed by atoms with Gasteiger partial charge in [-0.1, -0.05) is 0 Å². The third-order valence-electron chi connectivity index (χ3n) is 6.81. The molecule has 0 saturated heterocycles. The molecule has 0 aromatic heterocycles. The number of hydrogen-bond donors (Lipinski definition) is 1. The molecule has 0 radical (unpaired) electrons. The van der Waals surface area contributed by atoms with Crippen LogP contribution in [0.5, 0.6) is 11.5 Å². The van der Waals surface area contributed by atoms with Gasteiger partial charge in [-0.3, -0.25) is 10.1 Å². The second-order valence-electron chi connectivity index (χ2n) is 8.83. The Kier molecular flexibility index (Phi) is 7.07. The van der Waals surface area contributed by atoms with Crippen molar-refractivity contribution in [2.45, 2.75) is 50.3 Å². The molecular formula is C25H30N2O9. The summed E-state index contributed by atoms with van der Waals surface area (Å²) in [7, 11) is 4.40. The van der Waals surface area contributed by atoms with E-state index in [-0.39, 0.29) is 12.3 Å². The fourth-order valence-electron chi connectivity index (χ4n) is 5.17. The summed E-state index contributed by atoms with van der Waals surface area (Å²) in [5.74, 6) is 0.447. The van der Waals surface area contributed by atoms with Gasteiger partial charge in [-0.05, 0) is 43.7 Å². The molecule has 0 saturated carbocycles. The van der Waals surface area contributed by atoms with Crippen LogP contribution in [0, 0.1) is 10.1 Å². The zero-order chi connectivity index (χ0) is 26.2. The Labute approximate surface area is 208 Å². The van der Waals surface area contributed by atoms with Gasteiger partial charge in [-0.25, -0.2) is 4.79 Å². The lowest BCUT2D eigenvalue weighted by atomic mass is 9.83. The molecule has 4 atom stereocenters. The van der Waals surface area contributed by atoms with Crippen molar-refractivity contribution in [1.29, 1.82) is 0 Å². The fourth-order valence-corrected chi connectivity index (χ4v) is 5.17. The third kappa shape index (κ3) is 4.12. The number of aliphatic hydroxyl groups excluding tert-OH is 1. The Morgan fingerprint density at radius 3 is 2.58 bits per heavy atom. The number of non-ortho nitro benzene ring substituents is 1. The maximum absolute atomic E-state index is 13.2. The number of nitro benzene ring substituents is 1. The number of anilines is 1. The van der Waals surface area contributed by atoms with Crippen LogP contribution in [0.2, 0.25) is 0 Å². The van der Waals surface area contributed by atoms with E-state index < -0.39 is 41.0 Å². The summed E-state index contributed by atoms with van der Waals surface area (Å²) in [5, 5.41) is 23.5. The SMILES string of the molecule is CCOC(=O)[C@H]1Cc2cc(OC)ccc2N1[C@H]1c2cc([N+](=O)[O-])ccc2O[C@](C)(C(OC)OC)[C@@H]1O. The van der Waals surface area contributed by atoms with Crippen molar-refractivity contribution < 1.29 is 38.5 Å². The second kappa shape index (κ2) is 9.92. The highest BCUT2D eigenvalue weighted by Gasteiger charge is 2.56. The molecule has 36 heavy (non-hydrogen) atoms. The first-order chi connectivity index (χ1) is 17.2. The van der Waals surface area contributed by atoms with Crippen LogP contribution in [0.3, 0.4) is 0 Å². The largest absolute Gasteiger partial charge is 0.497 e. The number of carbonyl (C=O) groups is 1. The van der Waals surface area contributed by atoms with Gasteiger partial charge in [0, 0.05) is 44.0 Å². The van der Waals surface area contributed by atoms with Crippen molar-refractivity contribution in [3.63, 3.8) is 0 Å². The van der Waals surface area contributed by atoms with Gasteiger partial charge in [-0.15, -0.1) is 0 Å². The average Bonchev–Trinajstić information content (AvgIpc) is 3.23. The number of ether oxygens (including phenoxy) is 5. The topological polar surface area (TPSA) is 130 Å². The number of esters is 1. The molecule has 2 heterocycles. The molecule has 0 bridgehead atoms. The lowest BCUT2D eigenvalue weighted by molar-refractivity contribution is -0.385. The fraction of sp³-hybridized carbons (Fsp3) is 0.480. The van der Waals surface area contributed by atoms with Crippen LogP contribution in [0.4, 0.5) is 11.4 Å². The molecular weight excluding hydrogens is 472 g/mol. The minimum atomic E-state index is -1.42. The number of aliphatic hydroxyl groups is 1. The van der Waals surface area contributed by atoms with Crippen molar-refractivity contribution in [1.82, 2.24) is 0 Å². The molecule has 1 N–H and O–H groups in total. The minimum absolute atomic E-state index is 0.171. The lowest BCUT2D eigenvalue weighted by Gasteiger charge is -2.50. The maximum atomic E-state index is 13.2. The van der Waals surface area contributed by atoms with E-state index in [4.69, 9.17) is 23.7 Å². The van der Waals surface area contributed by atoms with Crippen molar-refractivity contribution in [3.05, 3.63) is 57.6 Å². The molecule has 2 aliphatic rings. The normalized spacial score (nSPS) is 24.6. The van der Waals surface area contributed by atoms with Crippen LogP contribution >= 0.6 is 0 Å². The number of carbonyl (C=O) groups excluding carboxylic acids is 1. The van der Waals surface area contributed by atoms with E-state index in [9.17, 15) is 20.0 Å². The quantitative estimate of drug-likeness (QED) is 0.249. The maximum Gasteiger partial charge on any atom is 0.329 e. The number of benzene rings is 2. The molecule has 4 rings (SSSR count). The Morgan fingerprint density at radius 1 is 1.25 bits per heavy atom. The predicted molar refractivity (Wildman–Crippen MR) is 128 cm³/mol. The van der Waals surface area contributed by atoms with Crippen LogP contribution in [0.25, 0.3) is 0 Å². The molecule has 11 nitrogen and oxygen atoms in total. The van der Waals surface area contributed by atoms with E-state index in [1.54, 1.807) is 38.0 Å². The Morgan fingerprint density at radius 2 is 1.97 bits per heavy atom. The summed E-state index contributed by atoms with van der Waals surface area (Å²) in [6, 6.07) is 7.82. The summed E-state index contributed by atoms with van der Waals surface area (Å²) in [4.78, 5) is 26.0. The number of hydrogen-bond acceptors (Lipinski definition) is 10. The highest BCUT2D eigenvalue weighted by Crippen LogP contribution is 2.50. The highest BCUT2D eigenvalue weighted by molar-refractivity contribution is 5.85. The van der Waals surface area contributed by atoms with Crippen molar-refractivity contribution in [2.75, 3.05) is 32.8 Å². The van der Waals surface area contributed by atoms with Crippen LogP contribution in [-0.2, 0) is 25.4 Å². The zero-order valence-corrected chi connectivity index (χ0v) is 20.8. The van der Waals surface area contributed by atoms with Crippen molar-refractivity contribution in [3.8, 4) is 11.5 Å². The van der Waals surface area contributed by atoms with Gasteiger partial charge in [-0.2, -0.15) is 0 Å². The van der Waals surface area contributed by atoms with E-state index in [1.807, 2.05) is 6.07 Å².